The molecule has 0 aromatic rings. The number of hydrogen-bond donors (Lipinski definition) is 4. The summed E-state index contributed by atoms with van der Waals surface area (Å²) in [5.74, 6) is -1.09. The third kappa shape index (κ3) is 5.95. The molecule has 0 saturated carbocycles. The van der Waals surface area contributed by atoms with Gasteiger partial charge in [-0.2, -0.15) is 0 Å². The molecule has 0 unspecified atom stereocenters. The summed E-state index contributed by atoms with van der Waals surface area (Å²) >= 11 is 0. The summed E-state index contributed by atoms with van der Waals surface area (Å²) < 4.78 is 0. The van der Waals surface area contributed by atoms with Crippen molar-refractivity contribution in [1.29, 1.82) is 0 Å². The second-order valence-corrected chi connectivity index (χ2v) is 4.42. The summed E-state index contributed by atoms with van der Waals surface area (Å²) in [5, 5.41) is 14.5. The van der Waals surface area contributed by atoms with E-state index in [1.165, 1.54) is 0 Å². The van der Waals surface area contributed by atoms with Crippen molar-refractivity contribution < 1.29 is 14.7 Å². The molecule has 1 fully saturated rings. The van der Waals surface area contributed by atoms with Crippen molar-refractivity contribution in [3.05, 3.63) is 0 Å². The van der Waals surface area contributed by atoms with Gasteiger partial charge in [-0.1, -0.05) is 0 Å². The smallest absolute Gasteiger partial charge is 0.320 e. The van der Waals surface area contributed by atoms with Crippen molar-refractivity contribution in [2.45, 2.75) is 18.9 Å². The molecule has 0 aromatic carbocycles. The van der Waals surface area contributed by atoms with E-state index in [1.807, 2.05) is 0 Å². The molecule has 1 rings (SSSR count). The number of piperazine rings is 1. The zero-order valence-corrected chi connectivity index (χ0v) is 10.5. The predicted molar refractivity (Wildman–Crippen MR) is 67.2 cm³/mol. The quantitative estimate of drug-likeness (QED) is 0.429. The van der Waals surface area contributed by atoms with Crippen molar-refractivity contribution in [3.8, 4) is 0 Å². The first-order valence-electron chi connectivity index (χ1n) is 6.28. The summed E-state index contributed by atoms with van der Waals surface area (Å²) in [4.78, 5) is 24.2. The molecule has 0 aromatic heterocycles. The first-order chi connectivity index (χ1) is 8.59. The van der Waals surface area contributed by atoms with E-state index in [9.17, 15) is 9.59 Å². The molecule has 0 spiro atoms. The number of nitrogens with one attached hydrogen (secondary N) is 2. The average Bonchev–Trinajstić information content (AvgIpc) is 2.37. The third-order valence-corrected chi connectivity index (χ3v) is 2.96. The highest BCUT2D eigenvalue weighted by molar-refractivity contribution is 5.76. The summed E-state index contributed by atoms with van der Waals surface area (Å²) in [6, 6.07) is -0.904. The molecule has 1 atom stereocenters. The molecule has 18 heavy (non-hydrogen) atoms. The molecule has 1 aliphatic rings. The molecule has 7 heteroatoms. The van der Waals surface area contributed by atoms with Crippen LogP contribution in [-0.4, -0.2) is 67.2 Å². The third-order valence-electron chi connectivity index (χ3n) is 2.96. The van der Waals surface area contributed by atoms with Crippen LogP contribution >= 0.6 is 0 Å². The number of carboxylic acids is 1. The Labute approximate surface area is 107 Å². The monoisotopic (exact) mass is 258 g/mol. The molecule has 104 valence electrons. The molecule has 0 bridgehead atoms. The normalized spacial score (nSPS) is 18.3. The fraction of sp³-hybridized carbons (Fsp3) is 0.818. The number of carboxylic acid groups (broad SMARTS) is 1. The Balaban J connectivity index is 2.04. The highest BCUT2D eigenvalue weighted by atomic mass is 16.4. The van der Waals surface area contributed by atoms with Crippen LogP contribution in [0.1, 0.15) is 12.8 Å². The van der Waals surface area contributed by atoms with E-state index in [2.05, 4.69) is 15.5 Å². The van der Waals surface area contributed by atoms with Gasteiger partial charge < -0.3 is 26.4 Å². The number of nitrogens with zero attached hydrogens (tertiary/aromatic N) is 1. The average molecular weight is 258 g/mol. The molecule has 1 aliphatic heterocycles. The molecular formula is C11H22N4O3. The lowest BCUT2D eigenvalue weighted by Gasteiger charge is -2.26. The Morgan fingerprint density at radius 1 is 1.39 bits per heavy atom. The van der Waals surface area contributed by atoms with E-state index in [0.29, 0.717) is 13.0 Å². The molecule has 7 nitrogen and oxygen atoms in total. The van der Waals surface area contributed by atoms with Gasteiger partial charge in [0, 0.05) is 45.7 Å². The van der Waals surface area contributed by atoms with Crippen LogP contribution < -0.4 is 16.4 Å². The van der Waals surface area contributed by atoms with E-state index < -0.39 is 12.0 Å². The maximum Gasteiger partial charge on any atom is 0.320 e. The summed E-state index contributed by atoms with van der Waals surface area (Å²) in [5.41, 5.74) is 5.33. The topological polar surface area (TPSA) is 108 Å². The van der Waals surface area contributed by atoms with Gasteiger partial charge in [-0.3, -0.25) is 9.59 Å². The largest absolute Gasteiger partial charge is 0.480 e. The second-order valence-electron chi connectivity index (χ2n) is 4.42. The fourth-order valence-electron chi connectivity index (χ4n) is 1.77. The van der Waals surface area contributed by atoms with Crippen molar-refractivity contribution >= 4 is 11.9 Å². The van der Waals surface area contributed by atoms with Gasteiger partial charge in [0.15, 0.2) is 0 Å². The number of hydrogen-bond acceptors (Lipinski definition) is 5. The minimum absolute atomic E-state index is 0.0499. The number of carbonyl (C=O) groups is 2. The Kier molecular flexibility index (Phi) is 6.63. The summed E-state index contributed by atoms with van der Waals surface area (Å²) in [6.45, 7) is 4.94. The van der Waals surface area contributed by atoms with Crippen molar-refractivity contribution in [1.82, 2.24) is 15.5 Å². The second kappa shape index (κ2) is 8.02. The van der Waals surface area contributed by atoms with E-state index in [1.54, 1.807) is 0 Å². The maximum absolute atomic E-state index is 11.5. The molecule has 0 radical (unpaired) electrons. The number of rotatable bonds is 7. The van der Waals surface area contributed by atoms with E-state index in [4.69, 9.17) is 10.8 Å². The van der Waals surface area contributed by atoms with E-state index >= 15 is 0 Å². The number of nitrogens with two attached hydrogens (primary N) is 1. The molecule has 1 saturated heterocycles. The van der Waals surface area contributed by atoms with Gasteiger partial charge in [-0.15, -0.1) is 0 Å². The molecule has 1 amide bonds. The number of amides is 1. The van der Waals surface area contributed by atoms with Gasteiger partial charge in [0.2, 0.25) is 5.91 Å². The van der Waals surface area contributed by atoms with Crippen LogP contribution in [0.25, 0.3) is 0 Å². The SMILES string of the molecule is N[C@@H](CCNC(=O)CCN1CCNCC1)C(=O)O. The van der Waals surface area contributed by atoms with Gasteiger partial charge in [-0.25, -0.2) is 0 Å². The van der Waals surface area contributed by atoms with Gasteiger partial charge >= 0.3 is 5.97 Å². The lowest BCUT2D eigenvalue weighted by Crippen LogP contribution is -2.44. The van der Waals surface area contributed by atoms with Crippen LogP contribution in [0.15, 0.2) is 0 Å². The summed E-state index contributed by atoms with van der Waals surface area (Å²) in [6.07, 6.45) is 0.705. The Bertz CT molecular complexity index is 279. The molecular weight excluding hydrogens is 236 g/mol. The molecule has 0 aliphatic carbocycles. The van der Waals surface area contributed by atoms with Crippen LogP contribution in [0.4, 0.5) is 0 Å². The lowest BCUT2D eigenvalue weighted by molar-refractivity contribution is -0.138. The molecule has 5 N–H and O–H groups in total. The van der Waals surface area contributed by atoms with Gasteiger partial charge in [0.1, 0.15) is 6.04 Å². The van der Waals surface area contributed by atoms with Gasteiger partial charge in [0.25, 0.3) is 0 Å². The van der Waals surface area contributed by atoms with Crippen molar-refractivity contribution in [2.24, 2.45) is 5.73 Å². The van der Waals surface area contributed by atoms with Crippen LogP contribution in [0.2, 0.25) is 0 Å². The van der Waals surface area contributed by atoms with Crippen molar-refractivity contribution in [2.75, 3.05) is 39.3 Å². The highest BCUT2D eigenvalue weighted by Crippen LogP contribution is 1.94. The fourth-order valence-corrected chi connectivity index (χ4v) is 1.77. The number of carbonyl (C=O) groups excluding carboxylic acids is 1. The Morgan fingerprint density at radius 3 is 2.67 bits per heavy atom. The first-order valence-corrected chi connectivity index (χ1v) is 6.28. The predicted octanol–water partition coefficient (Wildman–Crippen LogP) is -1.80. The standard InChI is InChI=1S/C11H22N4O3/c12-9(11(17)18)1-3-14-10(16)2-6-15-7-4-13-5-8-15/h9,13H,1-8,12H2,(H,14,16)(H,17,18)/t9-/m0/s1. The van der Waals surface area contributed by atoms with Crippen LogP contribution in [0, 0.1) is 0 Å². The zero-order valence-electron chi connectivity index (χ0n) is 10.5. The molecule has 1 heterocycles. The zero-order chi connectivity index (χ0) is 13.4. The van der Waals surface area contributed by atoms with Gasteiger partial charge in [0.05, 0.1) is 0 Å². The minimum atomic E-state index is -1.04. The minimum Gasteiger partial charge on any atom is -0.480 e. The van der Waals surface area contributed by atoms with E-state index in [-0.39, 0.29) is 12.3 Å². The van der Waals surface area contributed by atoms with Gasteiger partial charge in [-0.05, 0) is 6.42 Å². The van der Waals surface area contributed by atoms with Crippen molar-refractivity contribution in [3.63, 3.8) is 0 Å². The lowest BCUT2D eigenvalue weighted by atomic mass is 10.2. The maximum atomic E-state index is 11.5. The van der Waals surface area contributed by atoms with Crippen LogP contribution in [-0.2, 0) is 9.59 Å². The van der Waals surface area contributed by atoms with Crippen LogP contribution in [0.5, 0.6) is 0 Å². The van der Waals surface area contributed by atoms with E-state index in [0.717, 1.165) is 32.7 Å². The van der Waals surface area contributed by atoms with Crippen LogP contribution in [0.3, 0.4) is 0 Å². The number of aliphatic carboxylic acids is 1. The Hall–Kier alpha value is -1.18. The summed E-state index contributed by atoms with van der Waals surface area (Å²) in [7, 11) is 0. The highest BCUT2D eigenvalue weighted by Gasteiger charge is 2.13. The first kappa shape index (κ1) is 14.9. The Morgan fingerprint density at radius 2 is 2.06 bits per heavy atom.